The minimum atomic E-state index is -3.48. The van der Waals surface area contributed by atoms with E-state index in [1.807, 2.05) is 0 Å². The second kappa shape index (κ2) is 5.80. The van der Waals surface area contributed by atoms with Crippen molar-refractivity contribution in [1.82, 2.24) is 9.71 Å². The Morgan fingerprint density at radius 1 is 1.29 bits per heavy atom. The molecule has 0 saturated carbocycles. The van der Waals surface area contributed by atoms with E-state index in [1.54, 1.807) is 42.1 Å². The molecule has 2 aromatic rings. The van der Waals surface area contributed by atoms with Crippen LogP contribution in [0, 0.1) is 0 Å². The van der Waals surface area contributed by atoms with Crippen molar-refractivity contribution in [2.24, 2.45) is 5.84 Å². The highest BCUT2D eigenvalue weighted by molar-refractivity contribution is 7.99. The zero-order valence-corrected chi connectivity index (χ0v) is 12.9. The molecule has 21 heavy (non-hydrogen) atoms. The number of nitrogens with one attached hydrogen (secondary N) is 2. The van der Waals surface area contributed by atoms with Gasteiger partial charge in [-0.3, -0.25) is 0 Å². The monoisotopic (exact) mass is 324 g/mol. The number of nitrogen functional groups attached to an aromatic ring is 1. The summed E-state index contributed by atoms with van der Waals surface area (Å²) < 4.78 is 27.5. The van der Waals surface area contributed by atoms with Gasteiger partial charge in [0.15, 0.2) is 0 Å². The van der Waals surface area contributed by atoms with Crippen LogP contribution in [0.5, 0.6) is 0 Å². The number of aromatic nitrogens is 1. The van der Waals surface area contributed by atoms with Crippen molar-refractivity contribution in [2.75, 3.05) is 16.9 Å². The average molecular weight is 324 g/mol. The standard InChI is InChI=1S/C13H16N4O2S2/c14-16-13-4-1-9-7-11(2-3-12(9)15-13)21(18,19)17-10-5-6-20-8-10/h1-4,7,10,17H,5-6,8,14H2,(H,15,16). The number of hydrogen-bond acceptors (Lipinski definition) is 6. The van der Waals surface area contributed by atoms with E-state index >= 15 is 0 Å². The molecule has 1 fully saturated rings. The molecular formula is C13H16N4O2S2. The van der Waals surface area contributed by atoms with Crippen LogP contribution in [0.1, 0.15) is 6.42 Å². The lowest BCUT2D eigenvalue weighted by Gasteiger charge is -2.12. The van der Waals surface area contributed by atoms with Gasteiger partial charge in [-0.1, -0.05) is 0 Å². The number of sulfonamides is 1. The van der Waals surface area contributed by atoms with E-state index in [1.165, 1.54) is 0 Å². The van der Waals surface area contributed by atoms with Crippen molar-refractivity contribution in [3.63, 3.8) is 0 Å². The van der Waals surface area contributed by atoms with E-state index in [0.717, 1.165) is 23.3 Å². The zero-order chi connectivity index (χ0) is 14.9. The Labute approximate surface area is 127 Å². The van der Waals surface area contributed by atoms with E-state index in [-0.39, 0.29) is 10.9 Å². The van der Waals surface area contributed by atoms with Gasteiger partial charge in [0.25, 0.3) is 0 Å². The van der Waals surface area contributed by atoms with Crippen LogP contribution in [0.4, 0.5) is 5.82 Å². The smallest absolute Gasteiger partial charge is 0.240 e. The number of benzene rings is 1. The third-order valence-corrected chi connectivity index (χ3v) is 6.05. The van der Waals surface area contributed by atoms with Crippen molar-refractivity contribution in [3.8, 4) is 0 Å². The zero-order valence-electron chi connectivity index (χ0n) is 11.2. The molecule has 0 aliphatic carbocycles. The molecule has 1 saturated heterocycles. The summed E-state index contributed by atoms with van der Waals surface area (Å²) in [5.74, 6) is 7.69. The molecule has 0 amide bonds. The summed E-state index contributed by atoms with van der Waals surface area (Å²) in [5.41, 5.74) is 3.16. The van der Waals surface area contributed by atoms with Crippen LogP contribution in [-0.2, 0) is 10.0 Å². The Bertz CT molecular complexity index is 758. The van der Waals surface area contributed by atoms with Gasteiger partial charge in [0, 0.05) is 17.2 Å². The molecule has 1 aromatic carbocycles. The Balaban J connectivity index is 1.92. The Kier molecular flexibility index (Phi) is 4.03. The maximum Gasteiger partial charge on any atom is 0.240 e. The lowest BCUT2D eigenvalue weighted by molar-refractivity contribution is 0.563. The molecule has 1 unspecified atom stereocenters. The van der Waals surface area contributed by atoms with Crippen LogP contribution in [0.3, 0.4) is 0 Å². The first-order valence-corrected chi connectivity index (χ1v) is 9.20. The van der Waals surface area contributed by atoms with E-state index in [9.17, 15) is 8.42 Å². The highest BCUT2D eigenvalue weighted by Crippen LogP contribution is 2.22. The molecule has 8 heteroatoms. The topological polar surface area (TPSA) is 97.1 Å². The first-order chi connectivity index (χ1) is 10.1. The average Bonchev–Trinajstić information content (AvgIpc) is 2.98. The van der Waals surface area contributed by atoms with Crippen LogP contribution >= 0.6 is 11.8 Å². The van der Waals surface area contributed by atoms with Crippen molar-refractivity contribution in [1.29, 1.82) is 0 Å². The summed E-state index contributed by atoms with van der Waals surface area (Å²) in [6, 6.07) is 8.42. The number of fused-ring (bicyclic) bond motifs is 1. The number of rotatable bonds is 4. The third kappa shape index (κ3) is 3.13. The molecule has 6 nitrogen and oxygen atoms in total. The molecule has 0 radical (unpaired) electrons. The summed E-state index contributed by atoms with van der Waals surface area (Å²) >= 11 is 1.77. The normalized spacial score (nSPS) is 19.0. The highest BCUT2D eigenvalue weighted by Gasteiger charge is 2.23. The van der Waals surface area contributed by atoms with Gasteiger partial charge in [-0.2, -0.15) is 11.8 Å². The summed E-state index contributed by atoms with van der Waals surface area (Å²) in [4.78, 5) is 4.53. The van der Waals surface area contributed by atoms with E-state index in [4.69, 9.17) is 5.84 Å². The maximum absolute atomic E-state index is 12.4. The predicted octanol–water partition coefficient (Wildman–Crippen LogP) is 1.30. The fraction of sp³-hybridized carbons (Fsp3) is 0.308. The van der Waals surface area contributed by atoms with Gasteiger partial charge >= 0.3 is 0 Å². The highest BCUT2D eigenvalue weighted by atomic mass is 32.2. The number of pyridine rings is 1. The summed E-state index contributed by atoms with van der Waals surface area (Å²) in [6.45, 7) is 0. The van der Waals surface area contributed by atoms with Crippen LogP contribution in [0.15, 0.2) is 35.2 Å². The molecule has 0 bridgehead atoms. The van der Waals surface area contributed by atoms with Gasteiger partial charge in [0.05, 0.1) is 10.4 Å². The van der Waals surface area contributed by atoms with Gasteiger partial charge in [0.1, 0.15) is 5.82 Å². The molecule has 3 rings (SSSR count). The number of anilines is 1. The van der Waals surface area contributed by atoms with Crippen molar-refractivity contribution < 1.29 is 8.42 Å². The van der Waals surface area contributed by atoms with E-state index in [0.29, 0.717) is 11.3 Å². The Morgan fingerprint density at radius 2 is 2.14 bits per heavy atom. The Morgan fingerprint density at radius 3 is 2.86 bits per heavy atom. The molecule has 1 aliphatic heterocycles. The van der Waals surface area contributed by atoms with Gasteiger partial charge in [-0.25, -0.2) is 24.0 Å². The molecule has 112 valence electrons. The van der Waals surface area contributed by atoms with Crippen LogP contribution < -0.4 is 16.0 Å². The molecular weight excluding hydrogens is 308 g/mol. The first kappa shape index (κ1) is 14.6. The van der Waals surface area contributed by atoms with E-state index in [2.05, 4.69) is 15.1 Å². The van der Waals surface area contributed by atoms with Crippen molar-refractivity contribution in [2.45, 2.75) is 17.4 Å². The lowest BCUT2D eigenvalue weighted by atomic mass is 10.2. The van der Waals surface area contributed by atoms with Gasteiger partial charge in [-0.15, -0.1) is 0 Å². The fourth-order valence-electron chi connectivity index (χ4n) is 2.27. The summed E-state index contributed by atoms with van der Waals surface area (Å²) in [6.07, 6.45) is 0.880. The third-order valence-electron chi connectivity index (χ3n) is 3.37. The number of nitrogens with zero attached hydrogens (tertiary/aromatic N) is 1. The second-order valence-electron chi connectivity index (χ2n) is 4.88. The molecule has 4 N–H and O–H groups in total. The summed E-state index contributed by atoms with van der Waals surface area (Å²) in [7, 11) is -3.48. The number of thioether (sulfide) groups is 1. The van der Waals surface area contributed by atoms with Crippen LogP contribution in [-0.4, -0.2) is 30.9 Å². The summed E-state index contributed by atoms with van der Waals surface area (Å²) in [5, 5.41) is 0.762. The van der Waals surface area contributed by atoms with Crippen molar-refractivity contribution in [3.05, 3.63) is 30.3 Å². The second-order valence-corrected chi connectivity index (χ2v) is 7.74. The van der Waals surface area contributed by atoms with Gasteiger partial charge < -0.3 is 5.43 Å². The van der Waals surface area contributed by atoms with Crippen LogP contribution in [0.2, 0.25) is 0 Å². The molecule has 1 atom stereocenters. The largest absolute Gasteiger partial charge is 0.308 e. The minimum absolute atomic E-state index is 0.0256. The van der Waals surface area contributed by atoms with Crippen molar-refractivity contribution >= 4 is 38.5 Å². The molecule has 1 aliphatic rings. The SMILES string of the molecule is NNc1ccc2cc(S(=O)(=O)NC3CCSC3)ccc2n1. The maximum atomic E-state index is 12.4. The minimum Gasteiger partial charge on any atom is -0.308 e. The number of hydrazine groups is 1. The Hall–Kier alpha value is -1.35. The number of nitrogens with two attached hydrogens (primary N) is 1. The molecule has 2 heterocycles. The quantitative estimate of drug-likeness (QED) is 0.579. The van der Waals surface area contributed by atoms with Gasteiger partial charge in [0.2, 0.25) is 10.0 Å². The molecule has 1 aromatic heterocycles. The first-order valence-electron chi connectivity index (χ1n) is 6.56. The fourth-order valence-corrected chi connectivity index (χ4v) is 4.83. The van der Waals surface area contributed by atoms with Crippen LogP contribution in [0.25, 0.3) is 10.9 Å². The lowest BCUT2D eigenvalue weighted by Crippen LogP contribution is -2.34. The van der Waals surface area contributed by atoms with Gasteiger partial charge in [-0.05, 0) is 42.5 Å². The van der Waals surface area contributed by atoms with E-state index < -0.39 is 10.0 Å². The predicted molar refractivity (Wildman–Crippen MR) is 85.6 cm³/mol. The molecule has 0 spiro atoms. The number of hydrogen-bond donors (Lipinski definition) is 3.